The molecule has 0 fully saturated rings. The van der Waals surface area contributed by atoms with Gasteiger partial charge in [0.1, 0.15) is 5.69 Å². The molecule has 0 aromatic heterocycles. The van der Waals surface area contributed by atoms with Crippen molar-refractivity contribution in [3.05, 3.63) is 34.1 Å². The van der Waals surface area contributed by atoms with Crippen LogP contribution in [-0.2, 0) is 0 Å². The number of benzene rings is 1. The molecule has 2 nitrogen and oxygen atoms in total. The SMILES string of the molecule is CC#[N+]C(=S)Nc1ccc(Cl)cc1. The van der Waals surface area contributed by atoms with E-state index in [0.717, 1.165) is 5.69 Å². The third-order valence-corrected chi connectivity index (χ3v) is 1.75. The van der Waals surface area contributed by atoms with Crippen LogP contribution in [0.4, 0.5) is 5.69 Å². The zero-order chi connectivity index (χ0) is 9.68. The minimum absolute atomic E-state index is 0.393. The van der Waals surface area contributed by atoms with Crippen molar-refractivity contribution >= 4 is 34.6 Å². The van der Waals surface area contributed by atoms with Gasteiger partial charge in [-0.1, -0.05) is 11.6 Å². The lowest BCUT2D eigenvalue weighted by Gasteiger charge is -1.93. The minimum Gasteiger partial charge on any atom is -0.216 e. The van der Waals surface area contributed by atoms with Gasteiger partial charge in [0.05, 0.1) is 0 Å². The molecule has 66 valence electrons. The van der Waals surface area contributed by atoms with Crippen molar-refractivity contribution in [3.8, 4) is 6.07 Å². The molecule has 0 radical (unpaired) electrons. The fraction of sp³-hybridized carbons (Fsp3) is 0.111. The summed E-state index contributed by atoms with van der Waals surface area (Å²) in [5.41, 5.74) is 0.869. The second-order valence-electron chi connectivity index (χ2n) is 2.27. The van der Waals surface area contributed by atoms with Crippen molar-refractivity contribution in [1.82, 2.24) is 0 Å². The van der Waals surface area contributed by atoms with E-state index >= 15 is 0 Å². The van der Waals surface area contributed by atoms with Gasteiger partial charge in [-0.05, 0) is 24.3 Å². The van der Waals surface area contributed by atoms with Gasteiger partial charge < -0.3 is 0 Å². The molecule has 0 heterocycles. The lowest BCUT2D eigenvalue weighted by atomic mass is 10.3. The largest absolute Gasteiger partial charge is 0.453 e. The molecule has 0 amide bonds. The van der Waals surface area contributed by atoms with Crippen LogP contribution >= 0.6 is 23.8 Å². The van der Waals surface area contributed by atoms with Crippen LogP contribution in [0.1, 0.15) is 6.92 Å². The first-order valence-corrected chi connectivity index (χ1v) is 4.45. The summed E-state index contributed by atoms with van der Waals surface area (Å²) in [6.07, 6.45) is 0. The third kappa shape index (κ3) is 3.41. The highest BCUT2D eigenvalue weighted by atomic mass is 35.5. The maximum absolute atomic E-state index is 5.71. The molecule has 0 aliphatic rings. The number of rotatable bonds is 1. The smallest absolute Gasteiger partial charge is 0.216 e. The van der Waals surface area contributed by atoms with Crippen molar-refractivity contribution in [2.75, 3.05) is 5.32 Å². The predicted octanol–water partition coefficient (Wildman–Crippen LogP) is 3.39. The van der Waals surface area contributed by atoms with Crippen molar-refractivity contribution in [3.63, 3.8) is 0 Å². The summed E-state index contributed by atoms with van der Waals surface area (Å²) < 4.78 is 0. The van der Waals surface area contributed by atoms with Crippen LogP contribution in [0.3, 0.4) is 0 Å². The lowest BCUT2D eigenvalue weighted by molar-refractivity contribution is 1.65. The first kappa shape index (κ1) is 9.97. The molecule has 4 heteroatoms. The second kappa shape index (κ2) is 4.80. The highest BCUT2D eigenvalue weighted by molar-refractivity contribution is 7.80. The summed E-state index contributed by atoms with van der Waals surface area (Å²) in [5.74, 6) is 0. The molecule has 0 spiro atoms. The van der Waals surface area contributed by atoms with Crippen LogP contribution in [-0.4, -0.2) is 5.11 Å². The summed E-state index contributed by atoms with van der Waals surface area (Å²) in [5, 5.41) is 4.00. The number of thiocarbonyl (C=S) groups is 1. The number of nitrogens with one attached hydrogen (secondary N) is 1. The fourth-order valence-corrected chi connectivity index (χ4v) is 1.12. The van der Waals surface area contributed by atoms with Gasteiger partial charge in [0.25, 0.3) is 0 Å². The molecule has 1 N–H and O–H groups in total. The molecule has 0 saturated heterocycles. The minimum atomic E-state index is 0.393. The maximum atomic E-state index is 5.71. The quantitative estimate of drug-likeness (QED) is 0.717. The van der Waals surface area contributed by atoms with Crippen molar-refractivity contribution in [1.29, 1.82) is 0 Å². The molecular weight excluding hydrogens is 204 g/mol. The zero-order valence-electron chi connectivity index (χ0n) is 7.04. The van der Waals surface area contributed by atoms with Crippen LogP contribution in [0.25, 0.3) is 4.85 Å². The van der Waals surface area contributed by atoms with E-state index in [1.54, 1.807) is 19.1 Å². The fourth-order valence-electron chi connectivity index (χ4n) is 0.786. The summed E-state index contributed by atoms with van der Waals surface area (Å²) in [6, 6.07) is 9.83. The normalized spacial score (nSPS) is 8.46. The van der Waals surface area contributed by atoms with Crippen LogP contribution in [0, 0.1) is 6.07 Å². The standard InChI is InChI=1S/C9H7ClN2S/c1-2-11-9(13)12-8-5-3-7(10)4-6-8/h3-6H,1H3/p+1. The van der Waals surface area contributed by atoms with E-state index in [1.165, 1.54) is 0 Å². The third-order valence-electron chi connectivity index (χ3n) is 1.31. The number of anilines is 1. The van der Waals surface area contributed by atoms with Crippen LogP contribution in [0.15, 0.2) is 24.3 Å². The Kier molecular flexibility index (Phi) is 3.69. The molecule has 0 atom stereocenters. The monoisotopic (exact) mass is 211 g/mol. The predicted molar refractivity (Wildman–Crippen MR) is 60.6 cm³/mol. The second-order valence-corrected chi connectivity index (χ2v) is 3.10. The molecule has 0 aliphatic carbocycles. The number of hydrogen-bond donors (Lipinski definition) is 1. The lowest BCUT2D eigenvalue weighted by Crippen LogP contribution is -2.02. The van der Waals surface area contributed by atoms with Crippen molar-refractivity contribution in [2.24, 2.45) is 0 Å². The summed E-state index contributed by atoms with van der Waals surface area (Å²) in [6.45, 7) is 1.69. The van der Waals surface area contributed by atoms with Gasteiger partial charge in [-0.15, -0.1) is 4.85 Å². The van der Waals surface area contributed by atoms with E-state index in [4.69, 9.17) is 23.8 Å². The molecule has 1 aromatic rings. The molecular formula is C9H8ClN2S+. The van der Waals surface area contributed by atoms with E-state index in [-0.39, 0.29) is 0 Å². The molecule has 1 aromatic carbocycles. The van der Waals surface area contributed by atoms with E-state index in [0.29, 0.717) is 10.1 Å². The average molecular weight is 212 g/mol. The van der Waals surface area contributed by atoms with E-state index < -0.39 is 0 Å². The molecule has 0 saturated carbocycles. The van der Waals surface area contributed by atoms with Gasteiger partial charge in [-0.3, -0.25) is 0 Å². The molecule has 0 aliphatic heterocycles. The number of nitrogens with zero attached hydrogens (tertiary/aromatic N) is 1. The first-order chi connectivity index (χ1) is 6.22. The Bertz CT molecular complexity index is 361. The number of hydrogen-bond acceptors (Lipinski definition) is 1. The Hall–Kier alpha value is -1.11. The highest BCUT2D eigenvalue weighted by Gasteiger charge is 2.03. The van der Waals surface area contributed by atoms with Gasteiger partial charge in [-0.2, -0.15) is 0 Å². The van der Waals surface area contributed by atoms with Crippen LogP contribution in [0.2, 0.25) is 5.02 Å². The molecule has 0 bridgehead atoms. The Morgan fingerprint density at radius 1 is 1.46 bits per heavy atom. The summed E-state index contributed by atoms with van der Waals surface area (Å²) >= 11 is 10.6. The maximum Gasteiger partial charge on any atom is 0.453 e. The van der Waals surface area contributed by atoms with Crippen molar-refractivity contribution in [2.45, 2.75) is 6.92 Å². The molecule has 13 heavy (non-hydrogen) atoms. The zero-order valence-corrected chi connectivity index (χ0v) is 8.62. The Morgan fingerprint density at radius 3 is 2.62 bits per heavy atom. The van der Waals surface area contributed by atoms with Crippen LogP contribution in [0.5, 0.6) is 0 Å². The summed E-state index contributed by atoms with van der Waals surface area (Å²) in [7, 11) is 0. The van der Waals surface area contributed by atoms with Crippen LogP contribution < -0.4 is 5.32 Å². The number of halogens is 1. The highest BCUT2D eigenvalue weighted by Crippen LogP contribution is 2.13. The van der Waals surface area contributed by atoms with Gasteiger partial charge >= 0.3 is 5.11 Å². The Labute approximate surface area is 87.3 Å². The van der Waals surface area contributed by atoms with Gasteiger partial charge in [0, 0.05) is 24.2 Å². The van der Waals surface area contributed by atoms with E-state index in [9.17, 15) is 0 Å². The topological polar surface area (TPSA) is 16.4 Å². The Balaban J connectivity index is 2.68. The van der Waals surface area contributed by atoms with E-state index in [2.05, 4.69) is 16.2 Å². The van der Waals surface area contributed by atoms with Gasteiger partial charge in [0.15, 0.2) is 6.07 Å². The van der Waals surface area contributed by atoms with Gasteiger partial charge in [-0.25, -0.2) is 5.32 Å². The summed E-state index contributed by atoms with van der Waals surface area (Å²) in [4.78, 5) is 3.78. The van der Waals surface area contributed by atoms with Crippen molar-refractivity contribution < 1.29 is 0 Å². The average Bonchev–Trinajstić information content (AvgIpc) is 2.09. The Morgan fingerprint density at radius 2 is 2.08 bits per heavy atom. The van der Waals surface area contributed by atoms with E-state index in [1.807, 2.05) is 12.1 Å². The first-order valence-electron chi connectivity index (χ1n) is 3.66. The molecule has 0 unspecified atom stereocenters. The van der Waals surface area contributed by atoms with Gasteiger partial charge in [0.2, 0.25) is 0 Å². The molecule has 1 rings (SSSR count).